The average molecular weight is 316 g/mol. The number of esters is 1. The van der Waals surface area contributed by atoms with E-state index in [1.807, 2.05) is 30.3 Å². The van der Waals surface area contributed by atoms with Crippen molar-refractivity contribution in [3.63, 3.8) is 0 Å². The van der Waals surface area contributed by atoms with Crippen LogP contribution in [0.5, 0.6) is 17.2 Å². The van der Waals surface area contributed by atoms with Gasteiger partial charge in [-0.2, -0.15) is 0 Å². The molecule has 0 aliphatic carbocycles. The largest absolute Gasteiger partial charge is 0.493 e. The Hall–Kier alpha value is -2.69. The van der Waals surface area contributed by atoms with Gasteiger partial charge in [-0.15, -0.1) is 0 Å². The van der Waals surface area contributed by atoms with E-state index in [-0.39, 0.29) is 12.4 Å². The summed E-state index contributed by atoms with van der Waals surface area (Å²) < 4.78 is 21.3. The summed E-state index contributed by atoms with van der Waals surface area (Å²) in [5, 5.41) is 0. The summed E-state index contributed by atoms with van der Waals surface area (Å²) in [6.45, 7) is 0.391. The molecule has 2 aromatic carbocycles. The average Bonchev–Trinajstić information content (AvgIpc) is 2.60. The fourth-order valence-corrected chi connectivity index (χ4v) is 2.17. The van der Waals surface area contributed by atoms with Crippen molar-refractivity contribution in [2.75, 3.05) is 21.3 Å². The third-order valence-electron chi connectivity index (χ3n) is 3.32. The van der Waals surface area contributed by atoms with Crippen molar-refractivity contribution in [3.8, 4) is 17.2 Å². The first-order valence-corrected chi connectivity index (χ1v) is 7.16. The fraction of sp³-hybridized carbons (Fsp3) is 0.278. The number of ether oxygens (including phenoxy) is 4. The van der Waals surface area contributed by atoms with Gasteiger partial charge in [0.2, 0.25) is 5.75 Å². The van der Waals surface area contributed by atoms with Crippen molar-refractivity contribution in [1.82, 2.24) is 0 Å². The molecule has 0 amide bonds. The maximum atomic E-state index is 11.5. The zero-order valence-electron chi connectivity index (χ0n) is 13.5. The standard InChI is InChI=1S/C18H20O5/c1-20-15-9-14(11-17(19)21-2)10-16(18(15)22-3)23-12-13-7-5-4-6-8-13/h4-10H,11-12H2,1-3H3. The lowest BCUT2D eigenvalue weighted by Crippen LogP contribution is -2.06. The minimum atomic E-state index is -0.328. The SMILES string of the molecule is COC(=O)Cc1cc(OC)c(OC)c(OCc2ccccc2)c1. The van der Waals surface area contributed by atoms with Crippen LogP contribution in [0.4, 0.5) is 0 Å². The fourth-order valence-electron chi connectivity index (χ4n) is 2.17. The third kappa shape index (κ3) is 4.39. The van der Waals surface area contributed by atoms with E-state index < -0.39 is 0 Å². The number of rotatable bonds is 7. The lowest BCUT2D eigenvalue weighted by Gasteiger charge is -2.15. The van der Waals surface area contributed by atoms with Crippen molar-refractivity contribution in [2.24, 2.45) is 0 Å². The molecule has 0 bridgehead atoms. The van der Waals surface area contributed by atoms with Crippen LogP contribution in [0.3, 0.4) is 0 Å². The van der Waals surface area contributed by atoms with Gasteiger partial charge in [0.1, 0.15) is 6.61 Å². The first-order chi connectivity index (χ1) is 11.2. The van der Waals surface area contributed by atoms with Gasteiger partial charge in [0.15, 0.2) is 11.5 Å². The van der Waals surface area contributed by atoms with E-state index in [1.165, 1.54) is 7.11 Å². The van der Waals surface area contributed by atoms with E-state index in [4.69, 9.17) is 18.9 Å². The van der Waals surface area contributed by atoms with Crippen molar-refractivity contribution in [2.45, 2.75) is 13.0 Å². The van der Waals surface area contributed by atoms with Crippen LogP contribution in [0.1, 0.15) is 11.1 Å². The van der Waals surface area contributed by atoms with E-state index in [1.54, 1.807) is 26.4 Å². The monoisotopic (exact) mass is 316 g/mol. The maximum Gasteiger partial charge on any atom is 0.309 e. The number of hydrogen-bond donors (Lipinski definition) is 0. The second-order valence-corrected chi connectivity index (χ2v) is 4.86. The zero-order valence-corrected chi connectivity index (χ0v) is 13.5. The summed E-state index contributed by atoms with van der Waals surface area (Å²) in [7, 11) is 4.45. The Balaban J connectivity index is 2.27. The predicted octanol–water partition coefficient (Wildman–Crippen LogP) is 3.00. The highest BCUT2D eigenvalue weighted by molar-refractivity contribution is 5.73. The number of carbonyl (C=O) groups is 1. The molecule has 0 aliphatic heterocycles. The lowest BCUT2D eigenvalue weighted by molar-refractivity contribution is -0.139. The number of hydrogen-bond acceptors (Lipinski definition) is 5. The van der Waals surface area contributed by atoms with Gasteiger partial charge in [0, 0.05) is 0 Å². The highest BCUT2D eigenvalue weighted by atomic mass is 16.5. The van der Waals surface area contributed by atoms with Crippen molar-refractivity contribution in [3.05, 3.63) is 53.6 Å². The zero-order chi connectivity index (χ0) is 16.7. The second-order valence-electron chi connectivity index (χ2n) is 4.86. The van der Waals surface area contributed by atoms with Gasteiger partial charge in [0.25, 0.3) is 0 Å². The van der Waals surface area contributed by atoms with E-state index in [0.717, 1.165) is 11.1 Å². The van der Waals surface area contributed by atoms with Gasteiger partial charge in [0.05, 0.1) is 27.8 Å². The Morgan fingerprint density at radius 2 is 1.61 bits per heavy atom. The molecule has 0 N–H and O–H groups in total. The molecule has 0 aromatic heterocycles. The number of benzene rings is 2. The van der Waals surface area contributed by atoms with Crippen LogP contribution in [0.25, 0.3) is 0 Å². The van der Waals surface area contributed by atoms with E-state index >= 15 is 0 Å². The van der Waals surface area contributed by atoms with Crippen LogP contribution in [0.2, 0.25) is 0 Å². The Bertz CT molecular complexity index is 652. The summed E-state index contributed by atoms with van der Waals surface area (Å²) in [6, 6.07) is 13.3. The Morgan fingerprint density at radius 1 is 0.913 bits per heavy atom. The molecule has 5 nitrogen and oxygen atoms in total. The molecule has 0 saturated carbocycles. The molecular formula is C18H20O5. The van der Waals surface area contributed by atoms with Gasteiger partial charge in [-0.05, 0) is 23.3 Å². The summed E-state index contributed by atoms with van der Waals surface area (Å²) in [6.07, 6.45) is 0.137. The molecule has 23 heavy (non-hydrogen) atoms. The molecule has 122 valence electrons. The normalized spacial score (nSPS) is 10.0. The van der Waals surface area contributed by atoms with Gasteiger partial charge in [-0.25, -0.2) is 0 Å². The van der Waals surface area contributed by atoms with Gasteiger partial charge in [-0.1, -0.05) is 30.3 Å². The molecule has 0 unspecified atom stereocenters. The quantitative estimate of drug-likeness (QED) is 0.735. The Morgan fingerprint density at radius 3 is 2.22 bits per heavy atom. The molecule has 2 aromatic rings. The summed E-state index contributed by atoms with van der Waals surface area (Å²) in [5.74, 6) is 1.20. The first-order valence-electron chi connectivity index (χ1n) is 7.16. The molecule has 0 saturated heterocycles. The van der Waals surface area contributed by atoms with Crippen LogP contribution in [0, 0.1) is 0 Å². The molecule has 0 heterocycles. The molecule has 5 heteroatoms. The Kier molecular flexibility index (Phi) is 5.86. The maximum absolute atomic E-state index is 11.5. The molecule has 0 atom stereocenters. The van der Waals surface area contributed by atoms with Crippen molar-refractivity contribution in [1.29, 1.82) is 0 Å². The smallest absolute Gasteiger partial charge is 0.309 e. The highest BCUT2D eigenvalue weighted by Crippen LogP contribution is 2.39. The summed E-state index contributed by atoms with van der Waals surface area (Å²) >= 11 is 0. The van der Waals surface area contributed by atoms with Crippen LogP contribution in [0.15, 0.2) is 42.5 Å². The van der Waals surface area contributed by atoms with Gasteiger partial charge < -0.3 is 18.9 Å². The summed E-state index contributed by atoms with van der Waals surface area (Å²) in [4.78, 5) is 11.5. The third-order valence-corrected chi connectivity index (χ3v) is 3.32. The van der Waals surface area contributed by atoms with Crippen LogP contribution >= 0.6 is 0 Å². The van der Waals surface area contributed by atoms with Crippen molar-refractivity contribution >= 4 is 5.97 Å². The first kappa shape index (κ1) is 16.7. The minimum Gasteiger partial charge on any atom is -0.493 e. The molecule has 0 aliphatic rings. The predicted molar refractivity (Wildman–Crippen MR) is 86.0 cm³/mol. The van der Waals surface area contributed by atoms with E-state index in [0.29, 0.717) is 23.9 Å². The number of methoxy groups -OCH3 is 3. The topological polar surface area (TPSA) is 54.0 Å². The minimum absolute atomic E-state index is 0.137. The van der Waals surface area contributed by atoms with Crippen LogP contribution < -0.4 is 14.2 Å². The highest BCUT2D eigenvalue weighted by Gasteiger charge is 2.16. The van der Waals surface area contributed by atoms with Crippen molar-refractivity contribution < 1.29 is 23.7 Å². The lowest BCUT2D eigenvalue weighted by atomic mass is 10.1. The molecule has 0 fully saturated rings. The van der Waals surface area contributed by atoms with E-state index in [9.17, 15) is 4.79 Å². The molecule has 0 spiro atoms. The summed E-state index contributed by atoms with van der Waals surface area (Å²) in [5.41, 5.74) is 1.77. The molecule has 2 rings (SSSR count). The number of carbonyl (C=O) groups excluding carboxylic acids is 1. The van der Waals surface area contributed by atoms with Crippen LogP contribution in [-0.4, -0.2) is 27.3 Å². The molecular weight excluding hydrogens is 296 g/mol. The molecule has 0 radical (unpaired) electrons. The van der Waals surface area contributed by atoms with Gasteiger partial charge in [-0.3, -0.25) is 4.79 Å². The Labute approximate surface area is 135 Å². The van der Waals surface area contributed by atoms with Gasteiger partial charge >= 0.3 is 5.97 Å². The van der Waals surface area contributed by atoms with E-state index in [2.05, 4.69) is 0 Å². The van der Waals surface area contributed by atoms with Crippen LogP contribution in [-0.2, 0) is 22.6 Å². The second kappa shape index (κ2) is 8.08.